The van der Waals surface area contributed by atoms with E-state index < -0.39 is 0 Å². The molecule has 0 radical (unpaired) electrons. The molecule has 0 saturated heterocycles. The molecule has 0 aliphatic heterocycles. The van der Waals surface area contributed by atoms with Gasteiger partial charge in [0, 0.05) is 5.92 Å². The average Bonchev–Trinajstić information content (AvgIpc) is 3.31. The molecule has 0 heterocycles. The lowest BCUT2D eigenvalue weighted by molar-refractivity contribution is 0.336. The summed E-state index contributed by atoms with van der Waals surface area (Å²) in [5.41, 5.74) is 14.2. The van der Waals surface area contributed by atoms with Crippen LogP contribution in [0.2, 0.25) is 0 Å². The largest absolute Gasteiger partial charge is 0.0741 e. The smallest absolute Gasteiger partial charge is 0.00230 e. The van der Waals surface area contributed by atoms with Crippen molar-refractivity contribution >= 4 is 0 Å². The molecule has 0 amide bonds. The van der Waals surface area contributed by atoms with E-state index in [0.29, 0.717) is 17.8 Å². The minimum absolute atomic E-state index is 0.131. The van der Waals surface area contributed by atoms with Gasteiger partial charge in [0.1, 0.15) is 0 Å². The molecule has 0 N–H and O–H groups in total. The van der Waals surface area contributed by atoms with Gasteiger partial charge in [0.05, 0.1) is 0 Å². The minimum atomic E-state index is 0.131. The third kappa shape index (κ3) is 3.39. The molecule has 0 aromatic heterocycles. The van der Waals surface area contributed by atoms with Gasteiger partial charge in [-0.05, 0) is 80.4 Å². The molecule has 33 heavy (non-hydrogen) atoms. The fourth-order valence-electron chi connectivity index (χ4n) is 7.01. The predicted molar refractivity (Wildman–Crippen MR) is 143 cm³/mol. The van der Waals surface area contributed by atoms with Crippen molar-refractivity contribution < 1.29 is 0 Å². The highest BCUT2D eigenvalue weighted by Crippen LogP contribution is 2.62. The van der Waals surface area contributed by atoms with Gasteiger partial charge in [0.25, 0.3) is 0 Å². The van der Waals surface area contributed by atoms with Crippen LogP contribution >= 0.6 is 0 Å². The summed E-state index contributed by atoms with van der Waals surface area (Å²) in [6, 6.07) is 12.4. The molecule has 0 nitrogen and oxygen atoms in total. The predicted octanol–water partition coefficient (Wildman–Crippen LogP) is 9.11. The van der Waals surface area contributed by atoms with Gasteiger partial charge in [-0.1, -0.05) is 116 Å². The highest BCUT2D eigenvalue weighted by Gasteiger charge is 2.51. The summed E-state index contributed by atoms with van der Waals surface area (Å²) in [6.07, 6.45) is 6.09. The molecule has 3 aliphatic rings. The SMILES string of the molecule is CC1=CC2C(=C1)C(C)(C)C(c1cc(C(C)(C)C)cc3c1Cc1ccc(C(C)(C)C)cc1-3)C2C. The van der Waals surface area contributed by atoms with Gasteiger partial charge < -0.3 is 0 Å². The molecule has 0 heteroatoms. The van der Waals surface area contributed by atoms with E-state index in [1.54, 1.807) is 16.7 Å². The van der Waals surface area contributed by atoms with E-state index in [-0.39, 0.29) is 16.2 Å². The fourth-order valence-corrected chi connectivity index (χ4v) is 7.01. The van der Waals surface area contributed by atoms with Crippen LogP contribution in [0.3, 0.4) is 0 Å². The summed E-state index contributed by atoms with van der Waals surface area (Å²) in [4.78, 5) is 0. The normalized spacial score (nSPS) is 25.5. The van der Waals surface area contributed by atoms with Crippen LogP contribution in [0.1, 0.15) is 103 Å². The van der Waals surface area contributed by atoms with Crippen molar-refractivity contribution in [3.8, 4) is 11.1 Å². The maximum atomic E-state index is 2.59. The molecular weight excluding hydrogens is 396 g/mol. The Bertz CT molecular complexity index is 1200. The van der Waals surface area contributed by atoms with Crippen molar-refractivity contribution in [3.05, 3.63) is 81.4 Å². The molecule has 1 fully saturated rings. The van der Waals surface area contributed by atoms with Crippen LogP contribution in [-0.4, -0.2) is 0 Å². The second-order valence-electron chi connectivity index (χ2n) is 13.7. The quantitative estimate of drug-likeness (QED) is 0.355. The van der Waals surface area contributed by atoms with Crippen molar-refractivity contribution in [2.24, 2.45) is 17.3 Å². The Balaban J connectivity index is 1.73. The Morgan fingerprint density at radius 2 is 1.48 bits per heavy atom. The first-order valence-electron chi connectivity index (χ1n) is 12.9. The van der Waals surface area contributed by atoms with E-state index in [1.165, 1.54) is 33.4 Å². The highest BCUT2D eigenvalue weighted by molar-refractivity contribution is 5.80. The van der Waals surface area contributed by atoms with Gasteiger partial charge in [-0.3, -0.25) is 0 Å². The van der Waals surface area contributed by atoms with Crippen LogP contribution in [0.4, 0.5) is 0 Å². The van der Waals surface area contributed by atoms with E-state index >= 15 is 0 Å². The topological polar surface area (TPSA) is 0 Å². The fraction of sp³-hybridized carbons (Fsp3) is 0.515. The number of fused-ring (bicyclic) bond motifs is 4. The second-order valence-corrected chi connectivity index (χ2v) is 13.7. The number of hydrogen-bond donors (Lipinski definition) is 0. The van der Waals surface area contributed by atoms with Gasteiger partial charge >= 0.3 is 0 Å². The van der Waals surface area contributed by atoms with Gasteiger partial charge in [0.15, 0.2) is 0 Å². The van der Waals surface area contributed by atoms with Crippen molar-refractivity contribution in [1.29, 1.82) is 0 Å². The first kappa shape index (κ1) is 22.7. The Morgan fingerprint density at radius 3 is 2.09 bits per heavy atom. The summed E-state index contributed by atoms with van der Waals surface area (Å²) in [6.45, 7) is 23.9. The van der Waals surface area contributed by atoms with Crippen molar-refractivity contribution in [3.63, 3.8) is 0 Å². The Morgan fingerprint density at radius 1 is 0.848 bits per heavy atom. The third-order valence-electron chi connectivity index (χ3n) is 8.92. The van der Waals surface area contributed by atoms with Gasteiger partial charge in [-0.25, -0.2) is 0 Å². The molecule has 2 aromatic rings. The zero-order valence-corrected chi connectivity index (χ0v) is 22.5. The summed E-state index contributed by atoms with van der Waals surface area (Å²) in [5, 5.41) is 0. The van der Waals surface area contributed by atoms with Crippen LogP contribution < -0.4 is 0 Å². The van der Waals surface area contributed by atoms with Gasteiger partial charge in [-0.15, -0.1) is 0 Å². The lowest BCUT2D eigenvalue weighted by Crippen LogP contribution is -2.23. The molecule has 1 saturated carbocycles. The Hall–Kier alpha value is -2.08. The van der Waals surface area contributed by atoms with E-state index in [4.69, 9.17) is 0 Å². The monoisotopic (exact) mass is 438 g/mol. The molecule has 174 valence electrons. The van der Waals surface area contributed by atoms with Crippen LogP contribution in [0.5, 0.6) is 0 Å². The summed E-state index contributed by atoms with van der Waals surface area (Å²) < 4.78 is 0. The molecule has 2 aromatic carbocycles. The van der Waals surface area contributed by atoms with E-state index in [1.807, 2.05) is 0 Å². The summed E-state index contributed by atoms with van der Waals surface area (Å²) in [7, 11) is 0. The standard InChI is InChI=1S/C33H42/c1-19-13-24-20(2)30(33(9,10)29(24)14-19)28-18-23(32(6,7)8)17-27-25-16-22(31(3,4)5)12-11-21(25)15-26(27)28/h11-14,16-18,20,24,30H,15H2,1-10H3. The Labute approximate surface area is 202 Å². The molecule has 3 aliphatic carbocycles. The number of rotatable bonds is 1. The van der Waals surface area contributed by atoms with Crippen molar-refractivity contribution in [2.75, 3.05) is 0 Å². The highest BCUT2D eigenvalue weighted by atomic mass is 14.6. The van der Waals surface area contributed by atoms with Crippen LogP contribution in [0.25, 0.3) is 11.1 Å². The van der Waals surface area contributed by atoms with E-state index in [2.05, 4.69) is 112 Å². The third-order valence-corrected chi connectivity index (χ3v) is 8.92. The van der Waals surface area contributed by atoms with E-state index in [0.717, 1.165) is 6.42 Å². The molecular formula is C33H42. The molecule has 3 atom stereocenters. The second kappa shape index (κ2) is 6.97. The van der Waals surface area contributed by atoms with Gasteiger partial charge in [-0.2, -0.15) is 0 Å². The van der Waals surface area contributed by atoms with Crippen molar-refractivity contribution in [2.45, 2.75) is 92.4 Å². The van der Waals surface area contributed by atoms with Crippen LogP contribution in [0, 0.1) is 17.3 Å². The lowest BCUT2D eigenvalue weighted by Gasteiger charge is -2.34. The molecule has 3 unspecified atom stereocenters. The summed E-state index contributed by atoms with van der Waals surface area (Å²) in [5.74, 6) is 1.76. The zero-order chi connectivity index (χ0) is 24.1. The first-order chi connectivity index (χ1) is 15.2. The average molecular weight is 439 g/mol. The van der Waals surface area contributed by atoms with Crippen LogP contribution in [0.15, 0.2) is 53.6 Å². The van der Waals surface area contributed by atoms with Crippen molar-refractivity contribution in [1.82, 2.24) is 0 Å². The number of benzene rings is 2. The molecule has 5 rings (SSSR count). The van der Waals surface area contributed by atoms with Crippen LogP contribution in [-0.2, 0) is 17.3 Å². The maximum absolute atomic E-state index is 2.59. The van der Waals surface area contributed by atoms with E-state index in [9.17, 15) is 0 Å². The number of hydrogen-bond acceptors (Lipinski definition) is 0. The number of allylic oxidation sites excluding steroid dienone is 4. The molecule has 0 bridgehead atoms. The maximum Gasteiger partial charge on any atom is 0.00230 e. The Kier molecular flexibility index (Phi) is 4.79. The molecule has 0 spiro atoms. The zero-order valence-electron chi connectivity index (χ0n) is 22.5. The summed E-state index contributed by atoms with van der Waals surface area (Å²) >= 11 is 0. The lowest BCUT2D eigenvalue weighted by atomic mass is 9.70. The van der Waals surface area contributed by atoms with Gasteiger partial charge in [0.2, 0.25) is 0 Å². The minimum Gasteiger partial charge on any atom is -0.0741 e. The first-order valence-corrected chi connectivity index (χ1v) is 12.9.